The predicted molar refractivity (Wildman–Crippen MR) is 83.7 cm³/mol. The number of carbonyl (C=O) groups is 1. The summed E-state index contributed by atoms with van der Waals surface area (Å²) in [5.41, 5.74) is -1.77. The fourth-order valence-electron chi connectivity index (χ4n) is 4.10. The third kappa shape index (κ3) is 3.45. The Morgan fingerprint density at radius 2 is 1.89 bits per heavy atom. The van der Waals surface area contributed by atoms with Gasteiger partial charge in [-0.25, -0.2) is 4.79 Å². The molecule has 0 bridgehead atoms. The molecule has 7 unspecified atom stereocenters. The molecule has 154 valence electrons. The van der Waals surface area contributed by atoms with Gasteiger partial charge in [0.05, 0.1) is 36.1 Å². The van der Waals surface area contributed by atoms with Crippen molar-refractivity contribution in [3.63, 3.8) is 0 Å². The number of carboxylic acids is 1. The zero-order valence-electron chi connectivity index (χ0n) is 14.5. The molecule has 3 aliphatic rings. The molecular weight excluding hydrogens is 368 g/mol. The average molecular weight is 392 g/mol. The molecule has 2 heterocycles. The van der Waals surface area contributed by atoms with Gasteiger partial charge >= 0.3 is 5.97 Å². The topological polar surface area (TPSA) is 186 Å². The Balaban J connectivity index is 1.85. The molecule has 1 aliphatic carbocycles. The van der Waals surface area contributed by atoms with Crippen molar-refractivity contribution in [3.05, 3.63) is 11.8 Å². The Kier molecular flexibility index (Phi) is 5.49. The maximum atomic E-state index is 11.4. The summed E-state index contributed by atoms with van der Waals surface area (Å²) in [6.45, 7) is 0.751. The number of aliphatic hydroxyl groups excluding tert-OH is 5. The lowest BCUT2D eigenvalue weighted by Gasteiger charge is -2.44. The van der Waals surface area contributed by atoms with Gasteiger partial charge in [-0.15, -0.1) is 0 Å². The quantitative estimate of drug-likeness (QED) is 0.256. The monoisotopic (exact) mass is 392 g/mol. The molecule has 3 rings (SSSR count). The minimum atomic E-state index is -1.69. The van der Waals surface area contributed by atoms with E-state index in [0.29, 0.717) is 0 Å². The minimum absolute atomic E-state index is 0.120. The van der Waals surface area contributed by atoms with Crippen LogP contribution in [0, 0.1) is 11.8 Å². The first-order chi connectivity index (χ1) is 12.6. The average Bonchev–Trinajstić information content (AvgIpc) is 2.85. The van der Waals surface area contributed by atoms with Crippen molar-refractivity contribution in [1.29, 1.82) is 0 Å². The molecule has 2 fully saturated rings. The van der Waals surface area contributed by atoms with E-state index in [-0.39, 0.29) is 12.0 Å². The van der Waals surface area contributed by atoms with Crippen molar-refractivity contribution >= 4 is 5.97 Å². The van der Waals surface area contributed by atoms with Crippen LogP contribution in [0.15, 0.2) is 11.8 Å². The van der Waals surface area contributed by atoms with Gasteiger partial charge in [-0.3, -0.25) is 0 Å². The summed E-state index contributed by atoms with van der Waals surface area (Å²) in [6.07, 6.45) is -9.34. The first-order valence-corrected chi connectivity index (χ1v) is 8.53. The number of hydrogen-bond donors (Lipinski definition) is 7. The number of ether oxygens (including phenoxy) is 3. The van der Waals surface area contributed by atoms with Crippen LogP contribution in [-0.2, 0) is 19.0 Å². The third-order valence-electron chi connectivity index (χ3n) is 5.49. The van der Waals surface area contributed by atoms with Gasteiger partial charge < -0.3 is 50.0 Å². The second-order valence-electron chi connectivity index (χ2n) is 7.40. The van der Waals surface area contributed by atoms with Gasteiger partial charge in [-0.1, -0.05) is 0 Å². The van der Waals surface area contributed by atoms with Crippen LogP contribution in [-0.4, -0.2) is 97.0 Å². The van der Waals surface area contributed by atoms with Crippen molar-refractivity contribution in [2.45, 2.75) is 62.0 Å². The normalized spacial score (nSPS) is 49.9. The summed E-state index contributed by atoms with van der Waals surface area (Å²) in [5.74, 6) is -3.30. The number of fused-ring (bicyclic) bond motifs is 1. The van der Waals surface area contributed by atoms with E-state index in [1.165, 1.54) is 6.92 Å². The van der Waals surface area contributed by atoms with Crippen molar-refractivity contribution in [3.8, 4) is 0 Å². The Morgan fingerprint density at radius 1 is 1.22 bits per heavy atom. The molecule has 0 amide bonds. The van der Waals surface area contributed by atoms with Crippen molar-refractivity contribution in [2.24, 2.45) is 11.8 Å². The lowest BCUT2D eigenvalue weighted by atomic mass is 9.81. The van der Waals surface area contributed by atoms with Crippen molar-refractivity contribution < 1.29 is 54.8 Å². The molecule has 0 aromatic heterocycles. The van der Waals surface area contributed by atoms with Gasteiger partial charge in [-0.2, -0.15) is 0 Å². The maximum absolute atomic E-state index is 11.4. The summed E-state index contributed by atoms with van der Waals surface area (Å²) >= 11 is 0. The van der Waals surface area contributed by atoms with Crippen LogP contribution in [0.1, 0.15) is 13.3 Å². The highest BCUT2D eigenvalue weighted by molar-refractivity contribution is 5.87. The second kappa shape index (κ2) is 7.26. The Morgan fingerprint density at radius 3 is 2.48 bits per heavy atom. The number of aliphatic hydroxyl groups is 6. The van der Waals surface area contributed by atoms with Crippen LogP contribution in [0.25, 0.3) is 0 Å². The summed E-state index contributed by atoms with van der Waals surface area (Å²) in [6, 6.07) is 0. The molecule has 0 aromatic carbocycles. The largest absolute Gasteiger partial charge is 0.478 e. The van der Waals surface area contributed by atoms with Crippen molar-refractivity contribution in [1.82, 2.24) is 0 Å². The lowest BCUT2D eigenvalue weighted by Crippen LogP contribution is -2.60. The molecule has 2 aliphatic heterocycles. The van der Waals surface area contributed by atoms with Crippen LogP contribution in [0.4, 0.5) is 0 Å². The van der Waals surface area contributed by atoms with Crippen molar-refractivity contribution in [2.75, 3.05) is 6.61 Å². The molecule has 1 saturated carbocycles. The van der Waals surface area contributed by atoms with E-state index >= 15 is 0 Å². The predicted octanol–water partition coefficient (Wildman–Crippen LogP) is -3.12. The fourth-order valence-corrected chi connectivity index (χ4v) is 4.10. The summed E-state index contributed by atoms with van der Waals surface area (Å²) in [7, 11) is 0. The standard InChI is InChI=1S/C16H24O11/c1-16(24)2-6(18)8-5(13(22)23)4-25-14(9(8)16)27-15-12(21)11(20)10(19)7(3-17)26-15/h4,6-12,14-15,17-21,24H,2-3H2,1H3,(H,22,23)/t6?,7?,8-,9+,10?,11?,12?,14?,15?,16-/m0/s1. The smallest absolute Gasteiger partial charge is 0.335 e. The Labute approximate surface area is 154 Å². The fraction of sp³-hybridized carbons (Fsp3) is 0.812. The highest BCUT2D eigenvalue weighted by atomic mass is 16.8. The molecule has 10 atom stereocenters. The molecule has 11 heteroatoms. The van der Waals surface area contributed by atoms with E-state index < -0.39 is 73.1 Å². The van der Waals surface area contributed by atoms with E-state index in [4.69, 9.17) is 14.2 Å². The van der Waals surface area contributed by atoms with Gasteiger partial charge in [0, 0.05) is 12.3 Å². The molecule has 7 N–H and O–H groups in total. The van der Waals surface area contributed by atoms with E-state index in [9.17, 15) is 40.5 Å². The van der Waals surface area contributed by atoms with E-state index in [2.05, 4.69) is 0 Å². The van der Waals surface area contributed by atoms with E-state index in [0.717, 1.165) is 6.26 Å². The summed E-state index contributed by atoms with van der Waals surface area (Å²) < 4.78 is 16.1. The third-order valence-corrected chi connectivity index (χ3v) is 5.49. The zero-order chi connectivity index (χ0) is 20.1. The molecule has 1 saturated heterocycles. The maximum Gasteiger partial charge on any atom is 0.335 e. The van der Waals surface area contributed by atoms with Crippen LogP contribution in [0.3, 0.4) is 0 Å². The van der Waals surface area contributed by atoms with E-state index in [1.54, 1.807) is 0 Å². The van der Waals surface area contributed by atoms with Gasteiger partial charge in [0.15, 0.2) is 6.29 Å². The number of aliphatic carboxylic acids is 1. The summed E-state index contributed by atoms with van der Waals surface area (Å²) in [5, 5.41) is 69.2. The van der Waals surface area contributed by atoms with Crippen LogP contribution >= 0.6 is 0 Å². The first-order valence-electron chi connectivity index (χ1n) is 8.53. The molecule has 0 spiro atoms. The molecule has 11 nitrogen and oxygen atoms in total. The second-order valence-corrected chi connectivity index (χ2v) is 7.40. The molecule has 27 heavy (non-hydrogen) atoms. The van der Waals surface area contributed by atoms with Crippen LogP contribution < -0.4 is 0 Å². The Hall–Kier alpha value is -1.31. The van der Waals surface area contributed by atoms with E-state index in [1.807, 2.05) is 0 Å². The van der Waals surface area contributed by atoms with Crippen LogP contribution in [0.2, 0.25) is 0 Å². The number of carboxylic acid groups (broad SMARTS) is 1. The highest BCUT2D eigenvalue weighted by Gasteiger charge is 2.59. The van der Waals surface area contributed by atoms with Gasteiger partial charge in [0.1, 0.15) is 24.4 Å². The molecule has 0 aromatic rings. The molecular formula is C16H24O11. The number of hydrogen-bond acceptors (Lipinski definition) is 10. The first kappa shape index (κ1) is 20.4. The molecule has 0 radical (unpaired) electrons. The summed E-state index contributed by atoms with van der Waals surface area (Å²) in [4.78, 5) is 11.4. The number of rotatable bonds is 4. The minimum Gasteiger partial charge on any atom is -0.478 e. The zero-order valence-corrected chi connectivity index (χ0v) is 14.5. The van der Waals surface area contributed by atoms with Gasteiger partial charge in [0.2, 0.25) is 6.29 Å². The lowest BCUT2D eigenvalue weighted by molar-refractivity contribution is -0.346. The van der Waals surface area contributed by atoms with Crippen LogP contribution in [0.5, 0.6) is 0 Å². The SMILES string of the molecule is C[C@]1(O)CC(O)[C@@H]2C(C(=O)O)=COC(OC3OC(CO)C(O)C(O)C3O)[C@@H]21. The Bertz CT molecular complexity index is 603. The highest BCUT2D eigenvalue weighted by Crippen LogP contribution is 2.49. The van der Waals surface area contributed by atoms with Gasteiger partial charge in [0.25, 0.3) is 0 Å². The van der Waals surface area contributed by atoms with Gasteiger partial charge in [-0.05, 0) is 6.92 Å².